The van der Waals surface area contributed by atoms with Crippen molar-refractivity contribution >= 4 is 0 Å². The number of aromatic nitrogens is 1. The Morgan fingerprint density at radius 3 is 2.68 bits per heavy atom. The lowest BCUT2D eigenvalue weighted by Crippen LogP contribution is -2.35. The van der Waals surface area contributed by atoms with Gasteiger partial charge < -0.3 is 5.73 Å². The van der Waals surface area contributed by atoms with Crippen LogP contribution in [0.1, 0.15) is 50.3 Å². The van der Waals surface area contributed by atoms with Gasteiger partial charge in [0.25, 0.3) is 0 Å². The van der Waals surface area contributed by atoms with Crippen LogP contribution in [-0.4, -0.2) is 23.0 Å². The number of nitrogens with zero attached hydrogens (tertiary/aromatic N) is 2. The highest BCUT2D eigenvalue weighted by atomic mass is 15.1. The molecule has 0 bridgehead atoms. The molecule has 1 fully saturated rings. The van der Waals surface area contributed by atoms with E-state index >= 15 is 0 Å². The zero-order chi connectivity index (χ0) is 13.7. The van der Waals surface area contributed by atoms with Gasteiger partial charge in [-0.25, -0.2) is 0 Å². The minimum absolute atomic E-state index is 0.534. The third-order valence-corrected chi connectivity index (χ3v) is 4.61. The zero-order valence-electron chi connectivity index (χ0n) is 12.3. The molecule has 0 atom stereocenters. The summed E-state index contributed by atoms with van der Waals surface area (Å²) in [7, 11) is 2.24. The van der Waals surface area contributed by atoms with Crippen LogP contribution >= 0.6 is 0 Å². The first-order valence-corrected chi connectivity index (χ1v) is 7.57. The topological polar surface area (TPSA) is 42.2 Å². The maximum atomic E-state index is 5.76. The van der Waals surface area contributed by atoms with Gasteiger partial charge in [-0.3, -0.25) is 9.88 Å². The lowest BCUT2D eigenvalue weighted by atomic mass is 9.84. The van der Waals surface area contributed by atoms with Gasteiger partial charge in [-0.15, -0.1) is 0 Å². The van der Waals surface area contributed by atoms with Gasteiger partial charge >= 0.3 is 0 Å². The largest absolute Gasteiger partial charge is 0.325 e. The SMILES string of the molecule is CCC1CCC(N(C)Cc2cccnc2CN)CC1. The van der Waals surface area contributed by atoms with E-state index < -0.39 is 0 Å². The van der Waals surface area contributed by atoms with E-state index in [9.17, 15) is 0 Å². The first-order valence-electron chi connectivity index (χ1n) is 7.57. The molecular formula is C16H27N3. The number of pyridine rings is 1. The number of rotatable bonds is 5. The Hall–Kier alpha value is -0.930. The monoisotopic (exact) mass is 261 g/mol. The second kappa shape index (κ2) is 7.01. The molecule has 3 heteroatoms. The Kier molecular flexibility index (Phi) is 5.34. The molecule has 1 saturated carbocycles. The fourth-order valence-electron chi connectivity index (χ4n) is 3.19. The molecule has 0 aliphatic heterocycles. The highest BCUT2D eigenvalue weighted by Crippen LogP contribution is 2.29. The molecule has 0 unspecified atom stereocenters. The van der Waals surface area contributed by atoms with Crippen LogP contribution in [0.3, 0.4) is 0 Å². The minimum atomic E-state index is 0.534. The van der Waals surface area contributed by atoms with Crippen molar-refractivity contribution in [3.8, 4) is 0 Å². The van der Waals surface area contributed by atoms with E-state index in [1.807, 2.05) is 12.3 Å². The second-order valence-corrected chi connectivity index (χ2v) is 5.81. The molecule has 0 saturated heterocycles. The summed E-state index contributed by atoms with van der Waals surface area (Å²) in [5.41, 5.74) is 8.08. The van der Waals surface area contributed by atoms with Crippen molar-refractivity contribution in [2.75, 3.05) is 7.05 Å². The third-order valence-electron chi connectivity index (χ3n) is 4.61. The van der Waals surface area contributed by atoms with E-state index in [1.165, 1.54) is 37.7 Å². The maximum Gasteiger partial charge on any atom is 0.0584 e. The maximum absolute atomic E-state index is 5.76. The fraction of sp³-hybridized carbons (Fsp3) is 0.688. The normalized spacial score (nSPS) is 23.8. The number of hydrogen-bond acceptors (Lipinski definition) is 3. The van der Waals surface area contributed by atoms with Gasteiger partial charge in [-0.2, -0.15) is 0 Å². The van der Waals surface area contributed by atoms with E-state index in [2.05, 4.69) is 29.9 Å². The summed E-state index contributed by atoms with van der Waals surface area (Å²) in [5, 5.41) is 0. The molecule has 2 rings (SSSR count). The van der Waals surface area contributed by atoms with E-state index in [1.54, 1.807) is 0 Å². The van der Waals surface area contributed by atoms with Crippen LogP contribution in [-0.2, 0) is 13.1 Å². The summed E-state index contributed by atoms with van der Waals surface area (Å²) < 4.78 is 0. The lowest BCUT2D eigenvalue weighted by molar-refractivity contribution is 0.157. The Morgan fingerprint density at radius 1 is 1.32 bits per heavy atom. The molecule has 0 aromatic carbocycles. The summed E-state index contributed by atoms with van der Waals surface area (Å²) in [6.45, 7) is 3.83. The van der Waals surface area contributed by atoms with E-state index in [0.29, 0.717) is 6.54 Å². The van der Waals surface area contributed by atoms with Gasteiger partial charge in [-0.1, -0.05) is 19.4 Å². The van der Waals surface area contributed by atoms with Crippen molar-refractivity contribution in [2.24, 2.45) is 11.7 Å². The molecule has 0 amide bonds. The van der Waals surface area contributed by atoms with Crippen LogP contribution in [0.2, 0.25) is 0 Å². The van der Waals surface area contributed by atoms with Crippen molar-refractivity contribution in [3.63, 3.8) is 0 Å². The van der Waals surface area contributed by atoms with Crippen molar-refractivity contribution in [3.05, 3.63) is 29.6 Å². The van der Waals surface area contributed by atoms with Crippen molar-refractivity contribution < 1.29 is 0 Å². The summed E-state index contributed by atoms with van der Waals surface area (Å²) >= 11 is 0. The van der Waals surface area contributed by atoms with Crippen molar-refractivity contribution in [1.82, 2.24) is 9.88 Å². The van der Waals surface area contributed by atoms with Gasteiger partial charge in [0.05, 0.1) is 5.69 Å². The zero-order valence-corrected chi connectivity index (χ0v) is 12.3. The summed E-state index contributed by atoms with van der Waals surface area (Å²) in [6, 6.07) is 4.90. The van der Waals surface area contributed by atoms with Crippen molar-refractivity contribution in [2.45, 2.75) is 58.2 Å². The summed E-state index contributed by atoms with van der Waals surface area (Å²) in [4.78, 5) is 6.86. The Balaban J connectivity index is 1.92. The van der Waals surface area contributed by atoms with Crippen LogP contribution in [0.4, 0.5) is 0 Å². The molecule has 1 aliphatic rings. The first kappa shape index (κ1) is 14.5. The van der Waals surface area contributed by atoms with Crippen LogP contribution in [0.5, 0.6) is 0 Å². The predicted molar refractivity (Wildman–Crippen MR) is 79.6 cm³/mol. The van der Waals surface area contributed by atoms with E-state index in [4.69, 9.17) is 5.73 Å². The summed E-state index contributed by atoms with van der Waals surface area (Å²) in [6.07, 6.45) is 8.64. The minimum Gasteiger partial charge on any atom is -0.325 e. The molecule has 106 valence electrons. The molecule has 2 N–H and O–H groups in total. The molecule has 3 nitrogen and oxygen atoms in total. The van der Waals surface area contributed by atoms with Gasteiger partial charge in [-0.05, 0) is 50.3 Å². The standard InChI is InChI=1S/C16H27N3/c1-3-13-6-8-15(9-7-13)19(2)12-14-5-4-10-18-16(14)11-17/h4-5,10,13,15H,3,6-9,11-12,17H2,1-2H3. The average Bonchev–Trinajstić information content (AvgIpc) is 2.48. The van der Waals surface area contributed by atoms with Crippen molar-refractivity contribution in [1.29, 1.82) is 0 Å². The van der Waals surface area contributed by atoms with Gasteiger partial charge in [0, 0.05) is 25.3 Å². The quantitative estimate of drug-likeness (QED) is 0.886. The molecule has 0 radical (unpaired) electrons. The van der Waals surface area contributed by atoms with Crippen LogP contribution in [0.25, 0.3) is 0 Å². The molecule has 1 aromatic heterocycles. The van der Waals surface area contributed by atoms with Gasteiger partial charge in [0.2, 0.25) is 0 Å². The first-order chi connectivity index (χ1) is 9.24. The smallest absolute Gasteiger partial charge is 0.0584 e. The van der Waals surface area contributed by atoms with Crippen LogP contribution in [0, 0.1) is 5.92 Å². The average molecular weight is 261 g/mol. The highest BCUT2D eigenvalue weighted by molar-refractivity contribution is 5.19. The Bertz CT molecular complexity index is 383. The third kappa shape index (κ3) is 3.77. The highest BCUT2D eigenvalue weighted by Gasteiger charge is 2.23. The van der Waals surface area contributed by atoms with E-state index in [-0.39, 0.29) is 0 Å². The lowest BCUT2D eigenvalue weighted by Gasteiger charge is -2.34. The number of hydrogen-bond donors (Lipinski definition) is 1. The molecule has 0 spiro atoms. The number of nitrogens with two attached hydrogens (primary N) is 1. The molecule has 1 aromatic rings. The molecule has 1 aliphatic carbocycles. The van der Waals surface area contributed by atoms with Gasteiger partial charge in [0.1, 0.15) is 0 Å². The fourth-order valence-corrected chi connectivity index (χ4v) is 3.19. The Morgan fingerprint density at radius 2 is 2.05 bits per heavy atom. The molecule has 19 heavy (non-hydrogen) atoms. The molecule has 1 heterocycles. The van der Waals surface area contributed by atoms with Crippen LogP contribution < -0.4 is 5.73 Å². The van der Waals surface area contributed by atoms with Gasteiger partial charge in [0.15, 0.2) is 0 Å². The Labute approximate surface area is 117 Å². The second-order valence-electron chi connectivity index (χ2n) is 5.81. The predicted octanol–water partition coefficient (Wildman–Crippen LogP) is 2.94. The van der Waals surface area contributed by atoms with E-state index in [0.717, 1.165) is 24.2 Å². The van der Waals surface area contributed by atoms with Crippen LogP contribution in [0.15, 0.2) is 18.3 Å². The summed E-state index contributed by atoms with van der Waals surface area (Å²) in [5.74, 6) is 0.961. The molecular weight excluding hydrogens is 234 g/mol.